The van der Waals surface area contributed by atoms with Crippen molar-refractivity contribution in [2.75, 3.05) is 45.0 Å². The van der Waals surface area contributed by atoms with Gasteiger partial charge in [-0.3, -0.25) is 4.90 Å². The van der Waals surface area contributed by atoms with Crippen LogP contribution in [0.5, 0.6) is 0 Å². The van der Waals surface area contributed by atoms with Crippen LogP contribution in [0.15, 0.2) is 0 Å². The van der Waals surface area contributed by atoms with Crippen LogP contribution in [0.25, 0.3) is 0 Å². The molecule has 0 aromatic carbocycles. The Labute approximate surface area is 97.6 Å². The van der Waals surface area contributed by atoms with Crippen molar-refractivity contribution in [1.29, 1.82) is 0 Å². The standard InChI is InChI=1S/C10H21N3O2S/c11-3-4-12-5-7-13(8-6-12)16(14,15)9-10-1-2-10/h10H,1-9,11H2. The van der Waals surface area contributed by atoms with Gasteiger partial charge in [-0.15, -0.1) is 0 Å². The molecule has 0 amide bonds. The first-order valence-corrected chi connectivity index (χ1v) is 7.63. The third-order valence-electron chi connectivity index (χ3n) is 3.31. The molecule has 2 rings (SSSR count). The maximum atomic E-state index is 12.0. The quantitative estimate of drug-likeness (QED) is 0.698. The first-order chi connectivity index (χ1) is 7.62. The lowest BCUT2D eigenvalue weighted by atomic mass is 10.3. The van der Waals surface area contributed by atoms with Gasteiger partial charge in [0.05, 0.1) is 5.75 Å². The lowest BCUT2D eigenvalue weighted by Crippen LogP contribution is -2.50. The molecule has 94 valence electrons. The van der Waals surface area contributed by atoms with Gasteiger partial charge in [0, 0.05) is 39.3 Å². The highest BCUT2D eigenvalue weighted by atomic mass is 32.2. The predicted octanol–water partition coefficient (Wildman–Crippen LogP) is -0.697. The van der Waals surface area contributed by atoms with Gasteiger partial charge < -0.3 is 5.73 Å². The van der Waals surface area contributed by atoms with Gasteiger partial charge in [0.2, 0.25) is 10.0 Å². The SMILES string of the molecule is NCCN1CCN(S(=O)(=O)CC2CC2)CC1. The van der Waals surface area contributed by atoms with Crippen LogP contribution in [-0.2, 0) is 10.0 Å². The second-order valence-electron chi connectivity index (χ2n) is 4.75. The van der Waals surface area contributed by atoms with E-state index in [-0.39, 0.29) is 0 Å². The van der Waals surface area contributed by atoms with E-state index in [1.165, 1.54) is 0 Å². The van der Waals surface area contributed by atoms with Crippen LogP contribution in [0.1, 0.15) is 12.8 Å². The van der Waals surface area contributed by atoms with E-state index in [9.17, 15) is 8.42 Å². The summed E-state index contributed by atoms with van der Waals surface area (Å²) in [6.07, 6.45) is 2.18. The third kappa shape index (κ3) is 3.16. The Hall–Kier alpha value is -0.170. The molecule has 0 aromatic heterocycles. The van der Waals surface area contributed by atoms with Gasteiger partial charge in [-0.25, -0.2) is 8.42 Å². The Morgan fingerprint density at radius 3 is 2.25 bits per heavy atom. The highest BCUT2D eigenvalue weighted by Gasteiger charge is 2.33. The molecule has 0 unspecified atom stereocenters. The lowest BCUT2D eigenvalue weighted by Gasteiger charge is -2.33. The van der Waals surface area contributed by atoms with E-state index in [0.717, 1.165) is 32.5 Å². The zero-order valence-corrected chi connectivity index (χ0v) is 10.5. The zero-order chi connectivity index (χ0) is 11.6. The second-order valence-corrected chi connectivity index (χ2v) is 6.76. The Morgan fingerprint density at radius 1 is 1.12 bits per heavy atom. The van der Waals surface area contributed by atoms with E-state index in [2.05, 4.69) is 4.90 Å². The summed E-state index contributed by atoms with van der Waals surface area (Å²) in [7, 11) is -2.98. The molecule has 2 N–H and O–H groups in total. The Bertz CT molecular complexity index is 319. The van der Waals surface area contributed by atoms with Crippen molar-refractivity contribution in [3.05, 3.63) is 0 Å². The maximum Gasteiger partial charge on any atom is 0.214 e. The minimum absolute atomic E-state index is 0.365. The van der Waals surface area contributed by atoms with Gasteiger partial charge >= 0.3 is 0 Å². The zero-order valence-electron chi connectivity index (χ0n) is 9.64. The van der Waals surface area contributed by atoms with Crippen molar-refractivity contribution in [2.24, 2.45) is 11.7 Å². The summed E-state index contributed by atoms with van der Waals surface area (Å²) in [6, 6.07) is 0. The average molecular weight is 247 g/mol. The number of nitrogens with two attached hydrogens (primary N) is 1. The molecule has 0 spiro atoms. The molecule has 0 atom stereocenters. The summed E-state index contributed by atoms with van der Waals surface area (Å²) < 4.78 is 25.6. The number of piperazine rings is 1. The fraction of sp³-hybridized carbons (Fsp3) is 1.00. The minimum Gasteiger partial charge on any atom is -0.329 e. The van der Waals surface area contributed by atoms with Crippen LogP contribution < -0.4 is 5.73 Å². The summed E-state index contributed by atoms with van der Waals surface area (Å²) in [5.41, 5.74) is 5.48. The number of hydrogen-bond acceptors (Lipinski definition) is 4. The number of sulfonamides is 1. The van der Waals surface area contributed by atoms with Gasteiger partial charge in [0.25, 0.3) is 0 Å². The van der Waals surface area contributed by atoms with Gasteiger partial charge in [0.1, 0.15) is 0 Å². The molecule has 0 aromatic rings. The van der Waals surface area contributed by atoms with Gasteiger partial charge in [-0.1, -0.05) is 0 Å². The molecule has 0 bridgehead atoms. The fourth-order valence-electron chi connectivity index (χ4n) is 2.10. The average Bonchev–Trinajstić information content (AvgIpc) is 3.02. The second kappa shape index (κ2) is 5.00. The molecule has 0 radical (unpaired) electrons. The Kier molecular flexibility index (Phi) is 3.84. The third-order valence-corrected chi connectivity index (χ3v) is 5.36. The molecule has 5 nitrogen and oxygen atoms in total. The Morgan fingerprint density at radius 2 is 1.75 bits per heavy atom. The summed E-state index contributed by atoms with van der Waals surface area (Å²) >= 11 is 0. The molecule has 1 saturated heterocycles. The van der Waals surface area contributed by atoms with Crippen molar-refractivity contribution in [2.45, 2.75) is 12.8 Å². The highest BCUT2D eigenvalue weighted by Crippen LogP contribution is 2.31. The first-order valence-electron chi connectivity index (χ1n) is 6.02. The molecular weight excluding hydrogens is 226 g/mol. The van der Waals surface area contributed by atoms with E-state index < -0.39 is 10.0 Å². The number of rotatable bonds is 5. The Balaban J connectivity index is 1.82. The minimum atomic E-state index is -2.98. The van der Waals surface area contributed by atoms with E-state index >= 15 is 0 Å². The van der Waals surface area contributed by atoms with Crippen LogP contribution in [-0.4, -0.2) is 62.6 Å². The molecule has 1 saturated carbocycles. The van der Waals surface area contributed by atoms with E-state index in [0.29, 0.717) is 31.3 Å². The van der Waals surface area contributed by atoms with Crippen molar-refractivity contribution < 1.29 is 8.42 Å². The largest absolute Gasteiger partial charge is 0.329 e. The van der Waals surface area contributed by atoms with Crippen LogP contribution in [0.2, 0.25) is 0 Å². The predicted molar refractivity (Wildman–Crippen MR) is 63.6 cm³/mol. The monoisotopic (exact) mass is 247 g/mol. The normalized spacial score (nSPS) is 24.8. The topological polar surface area (TPSA) is 66.6 Å². The fourth-order valence-corrected chi connectivity index (χ4v) is 3.96. The summed E-state index contributed by atoms with van der Waals surface area (Å²) in [4.78, 5) is 2.23. The lowest BCUT2D eigenvalue weighted by molar-refractivity contribution is 0.192. The molecular formula is C10H21N3O2S. The summed E-state index contributed by atoms with van der Waals surface area (Å²) in [6.45, 7) is 4.43. The van der Waals surface area contributed by atoms with Crippen molar-refractivity contribution in [3.8, 4) is 0 Å². The van der Waals surface area contributed by atoms with E-state index in [1.54, 1.807) is 4.31 Å². The van der Waals surface area contributed by atoms with Crippen molar-refractivity contribution in [1.82, 2.24) is 9.21 Å². The molecule has 2 aliphatic rings. The summed E-state index contributed by atoms with van der Waals surface area (Å²) in [5.74, 6) is 0.802. The maximum absolute atomic E-state index is 12.0. The van der Waals surface area contributed by atoms with Crippen LogP contribution in [0, 0.1) is 5.92 Å². The number of hydrogen-bond donors (Lipinski definition) is 1. The van der Waals surface area contributed by atoms with Gasteiger partial charge in [0.15, 0.2) is 0 Å². The van der Waals surface area contributed by atoms with Crippen LogP contribution in [0.3, 0.4) is 0 Å². The summed E-state index contributed by atoms with van der Waals surface area (Å²) in [5, 5.41) is 0. The number of nitrogens with zero attached hydrogens (tertiary/aromatic N) is 2. The molecule has 16 heavy (non-hydrogen) atoms. The van der Waals surface area contributed by atoms with Crippen molar-refractivity contribution >= 4 is 10.0 Å². The highest BCUT2D eigenvalue weighted by molar-refractivity contribution is 7.89. The van der Waals surface area contributed by atoms with Gasteiger partial charge in [-0.2, -0.15) is 4.31 Å². The van der Waals surface area contributed by atoms with Crippen LogP contribution in [0.4, 0.5) is 0 Å². The van der Waals surface area contributed by atoms with E-state index in [4.69, 9.17) is 5.73 Å². The van der Waals surface area contributed by atoms with Crippen LogP contribution >= 0.6 is 0 Å². The van der Waals surface area contributed by atoms with Crippen molar-refractivity contribution in [3.63, 3.8) is 0 Å². The molecule has 6 heteroatoms. The molecule has 2 fully saturated rings. The molecule has 1 heterocycles. The van der Waals surface area contributed by atoms with Gasteiger partial charge in [-0.05, 0) is 18.8 Å². The smallest absolute Gasteiger partial charge is 0.214 e. The molecule has 1 aliphatic heterocycles. The van der Waals surface area contributed by atoms with E-state index in [1.807, 2.05) is 0 Å². The first kappa shape index (κ1) is 12.3. The molecule has 1 aliphatic carbocycles.